The Kier molecular flexibility index (Phi) is 4.44. The Morgan fingerprint density at radius 1 is 1.36 bits per heavy atom. The van der Waals surface area contributed by atoms with Crippen molar-refractivity contribution in [2.24, 2.45) is 11.7 Å². The van der Waals surface area contributed by atoms with Gasteiger partial charge in [0.05, 0.1) is 0 Å². The third kappa shape index (κ3) is 3.43. The largest absolute Gasteiger partial charge is 0.351 e. The van der Waals surface area contributed by atoms with E-state index >= 15 is 0 Å². The highest BCUT2D eigenvalue weighted by Gasteiger charge is 2.28. The van der Waals surface area contributed by atoms with Gasteiger partial charge in [0.1, 0.15) is 5.82 Å². The number of carbonyl (C=O) groups excluding carboxylic acids is 2. The number of urea groups is 1. The number of hydrogen-bond donors (Lipinski definition) is 2. The van der Waals surface area contributed by atoms with Gasteiger partial charge in [-0.05, 0) is 23.3 Å². The van der Waals surface area contributed by atoms with E-state index in [0.29, 0.717) is 5.56 Å². The summed E-state index contributed by atoms with van der Waals surface area (Å²) in [6, 6.07) is 3.88. The van der Waals surface area contributed by atoms with Gasteiger partial charge in [-0.2, -0.15) is 4.80 Å². The lowest BCUT2D eigenvalue weighted by Crippen LogP contribution is -2.42. The fourth-order valence-electron chi connectivity index (χ4n) is 1.96. The van der Waals surface area contributed by atoms with Crippen molar-refractivity contribution in [2.75, 3.05) is 0 Å². The van der Waals surface area contributed by atoms with Gasteiger partial charge >= 0.3 is 6.03 Å². The Morgan fingerprint density at radius 2 is 2.09 bits per heavy atom. The number of amides is 3. The van der Waals surface area contributed by atoms with Crippen molar-refractivity contribution in [2.45, 2.75) is 19.9 Å². The average molecular weight is 306 g/mol. The Bertz CT molecular complexity index is 699. The van der Waals surface area contributed by atoms with Crippen LogP contribution in [0, 0.1) is 11.7 Å². The SMILES string of the molecule is CC(C)C(C(=O)NC(N)=O)n1nnc(-c2cccc(F)c2)n1. The molecule has 0 saturated carbocycles. The standard InChI is InChI=1S/C13H15FN6O2/c1-7(2)10(12(21)16-13(15)22)20-18-11(17-19-20)8-4-3-5-9(14)6-8/h3-7,10H,1-2H3,(H3,15,16,21,22). The zero-order valence-corrected chi connectivity index (χ0v) is 12.0. The van der Waals surface area contributed by atoms with Crippen LogP contribution in [0.5, 0.6) is 0 Å². The fraction of sp³-hybridized carbons (Fsp3) is 0.308. The van der Waals surface area contributed by atoms with Gasteiger partial charge in [-0.1, -0.05) is 26.0 Å². The number of hydrogen-bond acceptors (Lipinski definition) is 5. The maximum absolute atomic E-state index is 13.2. The van der Waals surface area contributed by atoms with E-state index in [1.807, 2.05) is 5.32 Å². The first-order valence-corrected chi connectivity index (χ1v) is 6.54. The summed E-state index contributed by atoms with van der Waals surface area (Å²) >= 11 is 0. The van der Waals surface area contributed by atoms with Gasteiger partial charge < -0.3 is 5.73 Å². The van der Waals surface area contributed by atoms with Crippen LogP contribution in [0.2, 0.25) is 0 Å². The van der Waals surface area contributed by atoms with Crippen molar-refractivity contribution in [1.29, 1.82) is 0 Å². The minimum absolute atomic E-state index is 0.178. The molecule has 0 aliphatic rings. The highest BCUT2D eigenvalue weighted by atomic mass is 19.1. The molecule has 1 heterocycles. The van der Waals surface area contributed by atoms with Crippen molar-refractivity contribution in [1.82, 2.24) is 25.5 Å². The Balaban J connectivity index is 2.31. The highest BCUT2D eigenvalue weighted by Crippen LogP contribution is 2.19. The molecule has 3 amide bonds. The summed E-state index contributed by atoms with van der Waals surface area (Å²) < 4.78 is 13.2. The number of benzene rings is 1. The summed E-state index contributed by atoms with van der Waals surface area (Å²) in [5.41, 5.74) is 5.38. The van der Waals surface area contributed by atoms with Crippen LogP contribution in [0.3, 0.4) is 0 Å². The Labute approximate surface area is 125 Å². The molecule has 0 aliphatic carbocycles. The molecule has 1 aromatic heterocycles. The van der Waals surface area contributed by atoms with Gasteiger partial charge in [0.15, 0.2) is 6.04 Å². The first kappa shape index (κ1) is 15.5. The van der Waals surface area contributed by atoms with Crippen LogP contribution in [0.1, 0.15) is 19.9 Å². The second-order valence-electron chi connectivity index (χ2n) is 4.99. The van der Waals surface area contributed by atoms with Gasteiger partial charge in [-0.3, -0.25) is 10.1 Å². The molecule has 2 rings (SSSR count). The maximum Gasteiger partial charge on any atom is 0.318 e. The molecule has 3 N–H and O–H groups in total. The third-order valence-corrected chi connectivity index (χ3v) is 2.91. The molecule has 1 unspecified atom stereocenters. The predicted octanol–water partition coefficient (Wildman–Crippen LogP) is 0.871. The van der Waals surface area contributed by atoms with E-state index in [-0.39, 0.29) is 11.7 Å². The minimum Gasteiger partial charge on any atom is -0.351 e. The second-order valence-corrected chi connectivity index (χ2v) is 4.99. The van der Waals surface area contributed by atoms with Crippen LogP contribution in [0.4, 0.5) is 9.18 Å². The van der Waals surface area contributed by atoms with Gasteiger partial charge in [-0.15, -0.1) is 10.2 Å². The molecule has 9 heteroatoms. The van der Waals surface area contributed by atoms with E-state index in [9.17, 15) is 14.0 Å². The molecule has 8 nitrogen and oxygen atoms in total. The summed E-state index contributed by atoms with van der Waals surface area (Å²) in [5, 5.41) is 13.7. The van der Waals surface area contributed by atoms with Crippen LogP contribution in [0.25, 0.3) is 11.4 Å². The molecule has 116 valence electrons. The molecular formula is C13H15FN6O2. The van der Waals surface area contributed by atoms with E-state index in [2.05, 4.69) is 15.4 Å². The van der Waals surface area contributed by atoms with E-state index in [4.69, 9.17) is 5.73 Å². The number of halogens is 1. The van der Waals surface area contributed by atoms with Crippen molar-refractivity contribution >= 4 is 11.9 Å². The average Bonchev–Trinajstić information content (AvgIpc) is 2.86. The molecular weight excluding hydrogens is 291 g/mol. The number of primary amides is 1. The number of nitrogens with two attached hydrogens (primary N) is 1. The number of imide groups is 1. The lowest BCUT2D eigenvalue weighted by molar-refractivity contribution is -0.125. The number of nitrogens with one attached hydrogen (secondary N) is 1. The zero-order valence-electron chi connectivity index (χ0n) is 12.0. The molecule has 0 spiro atoms. The molecule has 0 radical (unpaired) electrons. The van der Waals surface area contributed by atoms with E-state index in [1.54, 1.807) is 19.9 Å². The Hall–Kier alpha value is -2.84. The van der Waals surface area contributed by atoms with Crippen molar-refractivity contribution in [3.63, 3.8) is 0 Å². The zero-order chi connectivity index (χ0) is 16.3. The molecule has 22 heavy (non-hydrogen) atoms. The van der Waals surface area contributed by atoms with Gasteiger partial charge in [0, 0.05) is 5.56 Å². The third-order valence-electron chi connectivity index (χ3n) is 2.91. The topological polar surface area (TPSA) is 116 Å². The van der Waals surface area contributed by atoms with Crippen LogP contribution in [-0.2, 0) is 4.79 Å². The second kappa shape index (κ2) is 6.29. The highest BCUT2D eigenvalue weighted by molar-refractivity contribution is 5.95. The van der Waals surface area contributed by atoms with Crippen LogP contribution >= 0.6 is 0 Å². The summed E-state index contributed by atoms with van der Waals surface area (Å²) in [4.78, 5) is 23.9. The van der Waals surface area contributed by atoms with Gasteiger partial charge in [0.2, 0.25) is 5.82 Å². The van der Waals surface area contributed by atoms with Gasteiger partial charge in [0.25, 0.3) is 5.91 Å². The Morgan fingerprint density at radius 3 is 2.68 bits per heavy atom. The molecule has 0 aliphatic heterocycles. The number of nitrogens with zero attached hydrogens (tertiary/aromatic N) is 4. The van der Waals surface area contributed by atoms with E-state index < -0.39 is 23.8 Å². The first-order valence-electron chi connectivity index (χ1n) is 6.54. The number of aromatic nitrogens is 4. The van der Waals surface area contributed by atoms with Crippen LogP contribution < -0.4 is 11.1 Å². The van der Waals surface area contributed by atoms with E-state index in [1.165, 1.54) is 18.2 Å². The molecule has 1 atom stereocenters. The quantitative estimate of drug-likeness (QED) is 0.869. The van der Waals surface area contributed by atoms with E-state index in [0.717, 1.165) is 4.80 Å². The molecule has 1 aromatic carbocycles. The van der Waals surface area contributed by atoms with Crippen molar-refractivity contribution in [3.8, 4) is 11.4 Å². The minimum atomic E-state index is -0.957. The lowest BCUT2D eigenvalue weighted by Gasteiger charge is -2.17. The predicted molar refractivity (Wildman–Crippen MR) is 74.8 cm³/mol. The lowest BCUT2D eigenvalue weighted by atomic mass is 10.0. The molecule has 0 bridgehead atoms. The van der Waals surface area contributed by atoms with Crippen molar-refractivity contribution < 1.29 is 14.0 Å². The van der Waals surface area contributed by atoms with Crippen LogP contribution in [0.15, 0.2) is 24.3 Å². The first-order chi connectivity index (χ1) is 10.4. The molecule has 2 aromatic rings. The summed E-state index contributed by atoms with van der Waals surface area (Å²) in [7, 11) is 0. The van der Waals surface area contributed by atoms with Crippen molar-refractivity contribution in [3.05, 3.63) is 30.1 Å². The fourth-order valence-corrected chi connectivity index (χ4v) is 1.96. The normalized spacial score (nSPS) is 12.2. The summed E-state index contributed by atoms with van der Waals surface area (Å²) in [6.07, 6.45) is 0. The number of carbonyl (C=O) groups is 2. The molecule has 0 fully saturated rings. The molecule has 0 saturated heterocycles. The number of tetrazole rings is 1. The summed E-state index contributed by atoms with van der Waals surface area (Å²) in [6.45, 7) is 3.52. The maximum atomic E-state index is 13.2. The smallest absolute Gasteiger partial charge is 0.318 e. The monoisotopic (exact) mass is 306 g/mol. The van der Waals surface area contributed by atoms with Crippen LogP contribution in [-0.4, -0.2) is 32.1 Å². The number of rotatable bonds is 4. The summed E-state index contributed by atoms with van der Waals surface area (Å²) in [5.74, 6) is -1.10. The van der Waals surface area contributed by atoms with Gasteiger partial charge in [-0.25, -0.2) is 9.18 Å².